The average molecular weight is 333 g/mol. The monoisotopic (exact) mass is 332 g/mol. The van der Waals surface area contributed by atoms with Gasteiger partial charge in [-0.25, -0.2) is 4.39 Å². The molecule has 23 heavy (non-hydrogen) atoms. The van der Waals surface area contributed by atoms with Gasteiger partial charge in [0.2, 0.25) is 0 Å². The third-order valence-corrected chi connectivity index (χ3v) is 5.14. The number of benzene rings is 1. The van der Waals surface area contributed by atoms with Crippen molar-refractivity contribution in [1.82, 2.24) is 4.57 Å². The first-order valence-corrected chi connectivity index (χ1v) is 8.29. The van der Waals surface area contributed by atoms with E-state index in [0.29, 0.717) is 0 Å². The van der Waals surface area contributed by atoms with Crippen molar-refractivity contribution in [1.29, 1.82) is 5.41 Å². The standard InChI is InChI=1S/C19H21FN2.ClH/c20-14-10-8-13(9-11-14)12-22-17-6-2-1-4-15(17)19(21)16-5-3-7-18(16)22;/h8-11,21H,1-7,12H2;1H. The molecular formula is C19H22ClFN2. The van der Waals surface area contributed by atoms with Crippen LogP contribution in [0.4, 0.5) is 4.39 Å². The molecule has 2 aliphatic rings. The second-order valence-corrected chi connectivity index (χ2v) is 6.50. The van der Waals surface area contributed by atoms with Crippen molar-refractivity contribution < 1.29 is 4.39 Å². The highest BCUT2D eigenvalue weighted by Gasteiger charge is 2.24. The Bertz CT molecular complexity index is 777. The fourth-order valence-electron chi connectivity index (χ4n) is 4.06. The molecule has 0 fully saturated rings. The Morgan fingerprint density at radius 3 is 2.13 bits per heavy atom. The molecule has 0 amide bonds. The van der Waals surface area contributed by atoms with Crippen LogP contribution < -0.4 is 5.36 Å². The van der Waals surface area contributed by atoms with E-state index in [9.17, 15) is 4.39 Å². The molecule has 0 saturated carbocycles. The lowest BCUT2D eigenvalue weighted by atomic mass is 9.92. The maximum atomic E-state index is 13.1. The number of rotatable bonds is 2. The highest BCUT2D eigenvalue weighted by molar-refractivity contribution is 5.85. The Labute approximate surface area is 142 Å². The fraction of sp³-hybridized carbons (Fsp3) is 0.421. The maximum absolute atomic E-state index is 13.1. The second-order valence-electron chi connectivity index (χ2n) is 6.50. The van der Waals surface area contributed by atoms with E-state index in [-0.39, 0.29) is 18.2 Å². The molecule has 1 aromatic heterocycles. The predicted octanol–water partition coefficient (Wildman–Crippen LogP) is 3.94. The molecule has 0 saturated heterocycles. The Morgan fingerprint density at radius 2 is 1.43 bits per heavy atom. The predicted molar refractivity (Wildman–Crippen MR) is 91.7 cm³/mol. The highest BCUT2D eigenvalue weighted by Crippen LogP contribution is 2.27. The molecule has 2 nitrogen and oxygen atoms in total. The first-order chi connectivity index (χ1) is 10.7. The Kier molecular flexibility index (Phi) is 4.58. The molecule has 4 heteroatoms. The molecule has 4 rings (SSSR count). The van der Waals surface area contributed by atoms with Crippen molar-refractivity contribution in [3.05, 3.63) is 63.5 Å². The molecule has 2 aromatic rings. The van der Waals surface area contributed by atoms with Gasteiger partial charge in [0.1, 0.15) is 5.82 Å². The Morgan fingerprint density at radius 1 is 0.870 bits per heavy atom. The fourth-order valence-corrected chi connectivity index (χ4v) is 4.06. The lowest BCUT2D eigenvalue weighted by molar-refractivity contribution is 0.588. The molecule has 0 atom stereocenters. The number of nitrogens with one attached hydrogen (secondary N) is 1. The summed E-state index contributed by atoms with van der Waals surface area (Å²) in [6, 6.07) is 6.85. The number of hydrogen-bond acceptors (Lipinski definition) is 1. The van der Waals surface area contributed by atoms with Crippen molar-refractivity contribution in [3.63, 3.8) is 0 Å². The van der Waals surface area contributed by atoms with E-state index in [1.165, 1.54) is 35.4 Å². The zero-order valence-corrected chi connectivity index (χ0v) is 14.0. The van der Waals surface area contributed by atoms with Gasteiger partial charge in [0.05, 0.1) is 5.36 Å². The van der Waals surface area contributed by atoms with Gasteiger partial charge in [-0.3, -0.25) is 0 Å². The summed E-state index contributed by atoms with van der Waals surface area (Å²) in [5, 5.41) is 9.36. The van der Waals surface area contributed by atoms with Gasteiger partial charge in [-0.05, 0) is 73.8 Å². The zero-order chi connectivity index (χ0) is 15.1. The Hall–Kier alpha value is -1.61. The second kappa shape index (κ2) is 6.48. The van der Waals surface area contributed by atoms with Gasteiger partial charge in [-0.1, -0.05) is 12.1 Å². The molecule has 0 unspecified atom stereocenters. The van der Waals surface area contributed by atoms with Gasteiger partial charge in [-0.2, -0.15) is 0 Å². The number of hydrogen-bond donors (Lipinski definition) is 1. The first kappa shape index (κ1) is 16.3. The molecule has 0 spiro atoms. The minimum absolute atomic E-state index is 0. The van der Waals surface area contributed by atoms with E-state index in [2.05, 4.69) is 4.57 Å². The van der Waals surface area contributed by atoms with Crippen molar-refractivity contribution in [2.24, 2.45) is 0 Å². The number of pyridine rings is 1. The SMILES string of the molecule is Cl.N=c1c2c(n(Cc3ccc(F)cc3)c3c1CCC3)CCCC2. The maximum Gasteiger partial charge on any atom is 0.123 e. The zero-order valence-electron chi connectivity index (χ0n) is 13.2. The summed E-state index contributed by atoms with van der Waals surface area (Å²) in [6.45, 7) is 0.811. The van der Waals surface area contributed by atoms with Crippen molar-refractivity contribution >= 4 is 12.4 Å². The van der Waals surface area contributed by atoms with Crippen molar-refractivity contribution in [3.8, 4) is 0 Å². The molecule has 2 aliphatic carbocycles. The van der Waals surface area contributed by atoms with Gasteiger partial charge in [-0.15, -0.1) is 12.4 Å². The molecule has 0 bridgehead atoms. The van der Waals surface area contributed by atoms with Crippen LogP contribution in [0.2, 0.25) is 0 Å². The van der Waals surface area contributed by atoms with Crippen LogP contribution in [0.3, 0.4) is 0 Å². The number of nitrogens with zero attached hydrogens (tertiary/aromatic N) is 1. The lowest BCUT2D eigenvalue weighted by Crippen LogP contribution is -2.27. The van der Waals surface area contributed by atoms with Crippen LogP contribution in [0.25, 0.3) is 0 Å². The van der Waals surface area contributed by atoms with Gasteiger partial charge in [0, 0.05) is 17.9 Å². The molecule has 122 valence electrons. The third kappa shape index (κ3) is 2.83. The van der Waals surface area contributed by atoms with E-state index in [0.717, 1.165) is 49.6 Å². The molecule has 0 aliphatic heterocycles. The minimum atomic E-state index is -0.178. The smallest absolute Gasteiger partial charge is 0.123 e. The molecule has 1 N–H and O–H groups in total. The van der Waals surface area contributed by atoms with Gasteiger partial charge >= 0.3 is 0 Å². The number of aromatic nitrogens is 1. The summed E-state index contributed by atoms with van der Waals surface area (Å²) in [5.41, 5.74) is 6.40. The van der Waals surface area contributed by atoms with E-state index in [1.807, 2.05) is 12.1 Å². The molecule has 1 aromatic carbocycles. The third-order valence-electron chi connectivity index (χ3n) is 5.14. The molecular weight excluding hydrogens is 311 g/mol. The summed E-state index contributed by atoms with van der Waals surface area (Å²) in [7, 11) is 0. The van der Waals surface area contributed by atoms with E-state index in [1.54, 1.807) is 12.1 Å². The van der Waals surface area contributed by atoms with Crippen LogP contribution >= 0.6 is 12.4 Å². The lowest BCUT2D eigenvalue weighted by Gasteiger charge is -2.26. The van der Waals surface area contributed by atoms with E-state index >= 15 is 0 Å². The average Bonchev–Trinajstić information content (AvgIpc) is 3.03. The summed E-state index contributed by atoms with van der Waals surface area (Å²) in [4.78, 5) is 0. The minimum Gasteiger partial charge on any atom is -0.344 e. The van der Waals surface area contributed by atoms with Crippen LogP contribution in [-0.2, 0) is 32.2 Å². The van der Waals surface area contributed by atoms with Crippen molar-refractivity contribution in [2.75, 3.05) is 0 Å². The number of halogens is 2. The number of fused-ring (bicyclic) bond motifs is 2. The van der Waals surface area contributed by atoms with Gasteiger partial charge in [0.25, 0.3) is 0 Å². The van der Waals surface area contributed by atoms with Crippen LogP contribution in [0.1, 0.15) is 47.3 Å². The quantitative estimate of drug-likeness (QED) is 0.863. The van der Waals surface area contributed by atoms with Crippen LogP contribution in [0, 0.1) is 11.2 Å². The van der Waals surface area contributed by atoms with E-state index in [4.69, 9.17) is 5.41 Å². The topological polar surface area (TPSA) is 28.8 Å². The summed E-state index contributed by atoms with van der Waals surface area (Å²) in [5.74, 6) is -0.178. The van der Waals surface area contributed by atoms with Crippen LogP contribution in [0.5, 0.6) is 0 Å². The van der Waals surface area contributed by atoms with Gasteiger partial charge in [0.15, 0.2) is 0 Å². The summed E-state index contributed by atoms with van der Waals surface area (Å²) < 4.78 is 15.6. The van der Waals surface area contributed by atoms with E-state index < -0.39 is 0 Å². The molecule has 1 heterocycles. The van der Waals surface area contributed by atoms with Gasteiger partial charge < -0.3 is 9.98 Å². The highest BCUT2D eigenvalue weighted by atomic mass is 35.5. The van der Waals surface area contributed by atoms with Crippen LogP contribution in [-0.4, -0.2) is 4.57 Å². The van der Waals surface area contributed by atoms with Crippen LogP contribution in [0.15, 0.2) is 24.3 Å². The summed E-state index contributed by atoms with van der Waals surface area (Å²) >= 11 is 0. The largest absolute Gasteiger partial charge is 0.344 e. The summed E-state index contributed by atoms with van der Waals surface area (Å²) in [6.07, 6.45) is 7.83. The normalized spacial score (nSPS) is 15.7. The first-order valence-electron chi connectivity index (χ1n) is 8.29. The molecule has 0 radical (unpaired) electrons. The van der Waals surface area contributed by atoms with Crippen molar-refractivity contribution in [2.45, 2.75) is 51.5 Å². The Balaban J connectivity index is 0.00000156.